The van der Waals surface area contributed by atoms with Gasteiger partial charge >= 0.3 is 5.97 Å². The first-order valence-electron chi connectivity index (χ1n) is 9.33. The summed E-state index contributed by atoms with van der Waals surface area (Å²) in [6, 6.07) is 6.23. The Bertz CT molecular complexity index is 573. The molecule has 0 aliphatic carbocycles. The van der Waals surface area contributed by atoms with Crippen molar-refractivity contribution in [2.45, 2.75) is 46.0 Å². The highest BCUT2D eigenvalue weighted by molar-refractivity contribution is 5.79. The molecule has 6 nitrogen and oxygen atoms in total. The van der Waals surface area contributed by atoms with E-state index in [4.69, 9.17) is 4.74 Å². The molecule has 146 valence electrons. The largest absolute Gasteiger partial charge is 0.496 e. The van der Waals surface area contributed by atoms with Crippen molar-refractivity contribution in [1.82, 2.24) is 10.6 Å². The van der Waals surface area contributed by atoms with Gasteiger partial charge in [0.05, 0.1) is 14.2 Å². The van der Waals surface area contributed by atoms with Crippen LogP contribution >= 0.6 is 0 Å². The van der Waals surface area contributed by atoms with Gasteiger partial charge in [-0.05, 0) is 44.7 Å². The van der Waals surface area contributed by atoms with Crippen LogP contribution in [0.2, 0.25) is 0 Å². The first kappa shape index (κ1) is 21.8. The molecule has 0 spiro atoms. The normalized spacial score (nSPS) is 11.2. The molecule has 0 bridgehead atoms. The van der Waals surface area contributed by atoms with Crippen LogP contribution in [0.5, 0.6) is 5.75 Å². The van der Waals surface area contributed by atoms with E-state index in [1.807, 2.05) is 6.07 Å². The van der Waals surface area contributed by atoms with Crippen LogP contribution in [0.25, 0.3) is 0 Å². The summed E-state index contributed by atoms with van der Waals surface area (Å²) in [5, 5.41) is 6.63. The van der Waals surface area contributed by atoms with Gasteiger partial charge in [0.1, 0.15) is 5.75 Å². The van der Waals surface area contributed by atoms with Gasteiger partial charge in [-0.15, -0.1) is 0 Å². The molecule has 6 heteroatoms. The third-order valence-electron chi connectivity index (χ3n) is 4.00. The van der Waals surface area contributed by atoms with Gasteiger partial charge in [-0.1, -0.05) is 24.1 Å². The van der Waals surface area contributed by atoms with Crippen LogP contribution in [0.3, 0.4) is 0 Å². The number of carbonyl (C=O) groups excluding carboxylic acids is 1. The van der Waals surface area contributed by atoms with Gasteiger partial charge in [0.25, 0.3) is 0 Å². The maximum Gasteiger partial charge on any atom is 0.305 e. The molecule has 2 N–H and O–H groups in total. The zero-order valence-corrected chi connectivity index (χ0v) is 16.6. The third-order valence-corrected chi connectivity index (χ3v) is 4.00. The summed E-state index contributed by atoms with van der Waals surface area (Å²) in [5.74, 6) is 1.60. The van der Waals surface area contributed by atoms with Gasteiger partial charge in [-0.2, -0.15) is 0 Å². The van der Waals surface area contributed by atoms with Crippen LogP contribution < -0.4 is 15.4 Å². The first-order chi connectivity index (χ1) is 12.6. The summed E-state index contributed by atoms with van der Waals surface area (Å²) in [6.07, 6.45) is 4.13. The summed E-state index contributed by atoms with van der Waals surface area (Å²) in [4.78, 5) is 15.6. The molecule has 1 rings (SSSR count). The Morgan fingerprint density at radius 3 is 2.65 bits per heavy atom. The van der Waals surface area contributed by atoms with Gasteiger partial charge in [0.15, 0.2) is 5.96 Å². The van der Waals surface area contributed by atoms with Crippen LogP contribution in [0.1, 0.15) is 43.7 Å². The van der Waals surface area contributed by atoms with Crippen molar-refractivity contribution in [1.29, 1.82) is 0 Å². The highest BCUT2D eigenvalue weighted by Crippen LogP contribution is 2.19. The van der Waals surface area contributed by atoms with E-state index in [2.05, 4.69) is 46.3 Å². The van der Waals surface area contributed by atoms with Crippen molar-refractivity contribution in [3.05, 3.63) is 29.3 Å². The van der Waals surface area contributed by atoms with Gasteiger partial charge < -0.3 is 20.1 Å². The molecule has 0 aromatic heterocycles. The SMILES string of the molecule is CCNC(=NCCCCCC(=O)OC)NCCc1cc(C)ccc1OC. The van der Waals surface area contributed by atoms with Crippen LogP contribution in [0.4, 0.5) is 0 Å². The summed E-state index contributed by atoms with van der Waals surface area (Å²) < 4.78 is 10.1. The lowest BCUT2D eigenvalue weighted by Gasteiger charge is -2.13. The van der Waals surface area contributed by atoms with E-state index in [-0.39, 0.29) is 5.97 Å². The molecule has 1 aromatic rings. The maximum atomic E-state index is 11.1. The number of carbonyl (C=O) groups is 1. The summed E-state index contributed by atoms with van der Waals surface area (Å²) in [6.45, 7) is 6.49. The lowest BCUT2D eigenvalue weighted by atomic mass is 10.1. The number of methoxy groups -OCH3 is 2. The second kappa shape index (κ2) is 13.0. The number of aliphatic imine (C=N–C) groups is 1. The molecule has 0 unspecified atom stereocenters. The number of rotatable bonds is 11. The minimum absolute atomic E-state index is 0.143. The number of ether oxygens (including phenoxy) is 2. The van der Waals surface area contributed by atoms with E-state index < -0.39 is 0 Å². The van der Waals surface area contributed by atoms with Crippen LogP contribution in [-0.2, 0) is 16.0 Å². The molecule has 0 fully saturated rings. The van der Waals surface area contributed by atoms with E-state index in [1.54, 1.807) is 7.11 Å². The van der Waals surface area contributed by atoms with Gasteiger partial charge in [-0.25, -0.2) is 0 Å². The fraction of sp³-hybridized carbons (Fsp3) is 0.600. The van der Waals surface area contributed by atoms with E-state index in [1.165, 1.54) is 18.2 Å². The van der Waals surface area contributed by atoms with Gasteiger partial charge in [0.2, 0.25) is 0 Å². The number of benzene rings is 1. The van der Waals surface area contributed by atoms with E-state index >= 15 is 0 Å². The standard InChI is InChI=1S/C20H33N3O3/c1-5-21-20(22-13-8-6-7-9-19(24)26-4)23-14-12-17-15-16(2)10-11-18(17)25-3/h10-11,15H,5-9,12-14H2,1-4H3,(H2,21,22,23). The summed E-state index contributed by atoms with van der Waals surface area (Å²) in [5.41, 5.74) is 2.42. The van der Waals surface area contributed by atoms with Crippen molar-refractivity contribution in [3.63, 3.8) is 0 Å². The predicted molar refractivity (Wildman–Crippen MR) is 106 cm³/mol. The molecule has 0 radical (unpaired) electrons. The van der Waals surface area contributed by atoms with E-state index in [0.29, 0.717) is 6.42 Å². The second-order valence-corrected chi connectivity index (χ2v) is 6.14. The number of esters is 1. The predicted octanol–water partition coefficient (Wildman–Crippen LogP) is 2.83. The lowest BCUT2D eigenvalue weighted by Crippen LogP contribution is -2.38. The lowest BCUT2D eigenvalue weighted by molar-refractivity contribution is -0.140. The van der Waals surface area contributed by atoms with Crippen LogP contribution in [0, 0.1) is 6.92 Å². The second-order valence-electron chi connectivity index (χ2n) is 6.14. The Kier molecular flexibility index (Phi) is 10.9. The molecule has 0 heterocycles. The molecule has 0 saturated carbocycles. The number of aryl methyl sites for hydroxylation is 1. The topological polar surface area (TPSA) is 72.0 Å². The third kappa shape index (κ3) is 8.74. The monoisotopic (exact) mass is 363 g/mol. The smallest absolute Gasteiger partial charge is 0.305 e. The van der Waals surface area contributed by atoms with Crippen LogP contribution in [0.15, 0.2) is 23.2 Å². The van der Waals surface area contributed by atoms with Gasteiger partial charge in [-0.3, -0.25) is 9.79 Å². The molecule has 0 aliphatic heterocycles. The van der Waals surface area contributed by atoms with Crippen molar-refractivity contribution >= 4 is 11.9 Å². The van der Waals surface area contributed by atoms with Crippen molar-refractivity contribution < 1.29 is 14.3 Å². The number of hydrogen-bond donors (Lipinski definition) is 2. The molecule has 1 aromatic carbocycles. The Hall–Kier alpha value is -2.24. The quantitative estimate of drug-likeness (QED) is 0.274. The Labute approximate surface area is 157 Å². The molecular formula is C20H33N3O3. The fourth-order valence-electron chi connectivity index (χ4n) is 2.61. The minimum atomic E-state index is -0.143. The van der Waals surface area contributed by atoms with Crippen molar-refractivity contribution in [3.8, 4) is 5.75 Å². The Morgan fingerprint density at radius 1 is 1.15 bits per heavy atom. The number of hydrogen-bond acceptors (Lipinski definition) is 4. The summed E-state index contributed by atoms with van der Waals surface area (Å²) in [7, 11) is 3.13. The highest BCUT2D eigenvalue weighted by atomic mass is 16.5. The summed E-state index contributed by atoms with van der Waals surface area (Å²) >= 11 is 0. The molecular weight excluding hydrogens is 330 g/mol. The minimum Gasteiger partial charge on any atom is -0.496 e. The van der Waals surface area contributed by atoms with E-state index in [0.717, 1.165) is 57.0 Å². The number of nitrogens with one attached hydrogen (secondary N) is 2. The Balaban J connectivity index is 2.38. The molecule has 0 amide bonds. The molecule has 0 saturated heterocycles. The highest BCUT2D eigenvalue weighted by Gasteiger charge is 2.04. The zero-order valence-electron chi connectivity index (χ0n) is 16.6. The molecule has 26 heavy (non-hydrogen) atoms. The first-order valence-corrected chi connectivity index (χ1v) is 9.33. The molecule has 0 aliphatic rings. The number of nitrogens with zero attached hydrogens (tertiary/aromatic N) is 1. The number of unbranched alkanes of at least 4 members (excludes halogenated alkanes) is 2. The maximum absolute atomic E-state index is 11.1. The zero-order chi connectivity index (χ0) is 19.2. The van der Waals surface area contributed by atoms with Gasteiger partial charge in [0, 0.05) is 26.1 Å². The van der Waals surface area contributed by atoms with Crippen molar-refractivity contribution in [2.24, 2.45) is 4.99 Å². The Morgan fingerprint density at radius 2 is 1.96 bits per heavy atom. The average molecular weight is 364 g/mol. The average Bonchev–Trinajstić information content (AvgIpc) is 2.64. The van der Waals surface area contributed by atoms with E-state index in [9.17, 15) is 4.79 Å². The number of guanidine groups is 1. The fourth-order valence-corrected chi connectivity index (χ4v) is 2.61. The van der Waals surface area contributed by atoms with Crippen molar-refractivity contribution in [2.75, 3.05) is 33.9 Å². The van der Waals surface area contributed by atoms with Crippen LogP contribution in [-0.4, -0.2) is 45.8 Å². The molecule has 0 atom stereocenters.